The summed E-state index contributed by atoms with van der Waals surface area (Å²) in [6, 6.07) is 8.85. The van der Waals surface area contributed by atoms with Crippen molar-refractivity contribution >= 4 is 16.6 Å². The molecule has 0 aliphatic rings. The van der Waals surface area contributed by atoms with Gasteiger partial charge in [-0.05, 0) is 51.8 Å². The van der Waals surface area contributed by atoms with Crippen molar-refractivity contribution in [3.63, 3.8) is 0 Å². The first-order valence-electron chi connectivity index (χ1n) is 7.44. The third-order valence-corrected chi connectivity index (χ3v) is 3.49. The van der Waals surface area contributed by atoms with E-state index in [1.54, 1.807) is 0 Å². The van der Waals surface area contributed by atoms with Gasteiger partial charge in [-0.2, -0.15) is 0 Å². The van der Waals surface area contributed by atoms with Gasteiger partial charge in [0.1, 0.15) is 0 Å². The van der Waals surface area contributed by atoms with Gasteiger partial charge >= 0.3 is 0 Å². The van der Waals surface area contributed by atoms with E-state index in [2.05, 4.69) is 48.4 Å². The van der Waals surface area contributed by atoms with Crippen LogP contribution in [-0.4, -0.2) is 17.6 Å². The first-order chi connectivity index (χ1) is 9.56. The van der Waals surface area contributed by atoms with Gasteiger partial charge in [-0.15, -0.1) is 0 Å². The van der Waals surface area contributed by atoms with Crippen molar-refractivity contribution in [1.82, 2.24) is 4.98 Å². The van der Waals surface area contributed by atoms with Crippen molar-refractivity contribution in [1.29, 1.82) is 0 Å². The van der Waals surface area contributed by atoms with Gasteiger partial charge in [0.05, 0.1) is 5.52 Å². The van der Waals surface area contributed by atoms with E-state index in [4.69, 9.17) is 5.73 Å². The number of pyridine rings is 1. The molecule has 2 rings (SSSR count). The van der Waals surface area contributed by atoms with Crippen molar-refractivity contribution in [2.75, 3.05) is 11.9 Å². The maximum absolute atomic E-state index is 5.77. The quantitative estimate of drug-likeness (QED) is 0.786. The topological polar surface area (TPSA) is 50.9 Å². The van der Waals surface area contributed by atoms with Gasteiger partial charge in [0.2, 0.25) is 0 Å². The van der Waals surface area contributed by atoms with Crippen molar-refractivity contribution in [2.24, 2.45) is 5.73 Å². The van der Waals surface area contributed by atoms with Gasteiger partial charge in [-0.3, -0.25) is 4.98 Å². The number of hydrogen-bond acceptors (Lipinski definition) is 3. The van der Waals surface area contributed by atoms with E-state index in [9.17, 15) is 0 Å². The summed E-state index contributed by atoms with van der Waals surface area (Å²) in [7, 11) is 0. The molecule has 108 valence electrons. The average Bonchev–Trinajstić information content (AvgIpc) is 2.38. The lowest BCUT2D eigenvalue weighted by molar-refractivity contribution is 0.608. The van der Waals surface area contributed by atoms with E-state index in [1.165, 1.54) is 23.1 Å². The van der Waals surface area contributed by atoms with Crippen LogP contribution in [0.15, 0.2) is 24.3 Å². The number of rotatable bonds is 6. The molecular formula is C17H25N3. The molecule has 3 nitrogen and oxygen atoms in total. The molecule has 3 heteroatoms. The molecule has 0 aliphatic heterocycles. The molecule has 0 spiro atoms. The molecule has 0 radical (unpaired) electrons. The minimum absolute atomic E-state index is 0.307. The van der Waals surface area contributed by atoms with E-state index in [1.807, 2.05) is 6.92 Å². The molecule has 0 fully saturated rings. The maximum Gasteiger partial charge on any atom is 0.0726 e. The number of anilines is 1. The van der Waals surface area contributed by atoms with Crippen LogP contribution >= 0.6 is 0 Å². The van der Waals surface area contributed by atoms with Gasteiger partial charge in [0.25, 0.3) is 0 Å². The summed E-state index contributed by atoms with van der Waals surface area (Å²) >= 11 is 0. The number of unbranched alkanes of at least 4 members (excludes halogenated alkanes) is 1. The molecule has 0 saturated carbocycles. The first kappa shape index (κ1) is 14.8. The summed E-state index contributed by atoms with van der Waals surface area (Å²) in [6.07, 6.45) is 3.42. The Balaban J connectivity index is 2.07. The Morgan fingerprint density at radius 2 is 2.00 bits per heavy atom. The molecule has 0 amide bonds. The molecule has 0 saturated heterocycles. The molecule has 1 unspecified atom stereocenters. The number of aromatic nitrogens is 1. The highest BCUT2D eigenvalue weighted by atomic mass is 14.9. The molecule has 0 aliphatic carbocycles. The number of aryl methyl sites for hydroxylation is 2. The van der Waals surface area contributed by atoms with E-state index in [-0.39, 0.29) is 0 Å². The van der Waals surface area contributed by atoms with Gasteiger partial charge in [0.15, 0.2) is 0 Å². The molecule has 3 N–H and O–H groups in total. The Morgan fingerprint density at radius 3 is 2.75 bits per heavy atom. The minimum Gasteiger partial charge on any atom is -0.384 e. The molecule has 0 bridgehead atoms. The third kappa shape index (κ3) is 3.94. The van der Waals surface area contributed by atoms with Crippen molar-refractivity contribution < 1.29 is 0 Å². The lowest BCUT2D eigenvalue weighted by Crippen LogP contribution is -2.14. The highest BCUT2D eigenvalue weighted by molar-refractivity contribution is 5.91. The summed E-state index contributed by atoms with van der Waals surface area (Å²) in [4.78, 5) is 4.59. The predicted molar refractivity (Wildman–Crippen MR) is 87.2 cm³/mol. The summed E-state index contributed by atoms with van der Waals surface area (Å²) in [5, 5.41) is 4.76. The fraction of sp³-hybridized carbons (Fsp3) is 0.471. The van der Waals surface area contributed by atoms with E-state index >= 15 is 0 Å². The summed E-state index contributed by atoms with van der Waals surface area (Å²) < 4.78 is 0. The second-order valence-corrected chi connectivity index (χ2v) is 5.73. The first-order valence-corrected chi connectivity index (χ1v) is 7.44. The van der Waals surface area contributed by atoms with Crippen LogP contribution in [0.3, 0.4) is 0 Å². The highest BCUT2D eigenvalue weighted by Gasteiger charge is 2.04. The fourth-order valence-electron chi connectivity index (χ4n) is 2.43. The second kappa shape index (κ2) is 6.71. The molecule has 1 heterocycles. The lowest BCUT2D eigenvalue weighted by Gasteiger charge is -2.12. The van der Waals surface area contributed by atoms with E-state index < -0.39 is 0 Å². The predicted octanol–water partition coefficient (Wildman–Crippen LogP) is 3.78. The van der Waals surface area contributed by atoms with Gasteiger partial charge in [0, 0.05) is 29.4 Å². The van der Waals surface area contributed by atoms with E-state index in [0.29, 0.717) is 6.04 Å². The average molecular weight is 271 g/mol. The molecule has 20 heavy (non-hydrogen) atoms. The molecule has 2 aromatic rings. The van der Waals surface area contributed by atoms with Crippen LogP contribution in [0.5, 0.6) is 0 Å². The number of fused-ring (bicyclic) bond motifs is 1. The zero-order valence-corrected chi connectivity index (χ0v) is 12.7. The van der Waals surface area contributed by atoms with Crippen molar-refractivity contribution in [3.8, 4) is 0 Å². The van der Waals surface area contributed by atoms with Gasteiger partial charge < -0.3 is 11.1 Å². The molecule has 1 aromatic heterocycles. The summed E-state index contributed by atoms with van der Waals surface area (Å²) in [5.74, 6) is 0. The Labute approximate surface area is 121 Å². The maximum atomic E-state index is 5.77. The Morgan fingerprint density at radius 1 is 1.20 bits per heavy atom. The largest absolute Gasteiger partial charge is 0.384 e. The standard InChI is InChI=1S/C17H25N3/c1-12-7-8-16-15(10-12)17(11-14(3)20-16)19-9-5-4-6-13(2)18/h7-8,10-11,13H,4-6,9,18H2,1-3H3,(H,19,20). The fourth-order valence-corrected chi connectivity index (χ4v) is 2.43. The lowest BCUT2D eigenvalue weighted by atomic mass is 10.1. The van der Waals surface area contributed by atoms with Crippen molar-refractivity contribution in [3.05, 3.63) is 35.5 Å². The van der Waals surface area contributed by atoms with Gasteiger partial charge in [-0.25, -0.2) is 0 Å². The molecule has 1 aromatic carbocycles. The number of nitrogens with zero attached hydrogens (tertiary/aromatic N) is 1. The van der Waals surface area contributed by atoms with Crippen LogP contribution in [0.1, 0.15) is 37.4 Å². The summed E-state index contributed by atoms with van der Waals surface area (Å²) in [6.45, 7) is 7.21. The number of benzene rings is 1. The van der Waals surface area contributed by atoms with Crippen LogP contribution in [0.25, 0.3) is 10.9 Å². The molecular weight excluding hydrogens is 246 g/mol. The minimum atomic E-state index is 0.307. The van der Waals surface area contributed by atoms with Crippen LogP contribution in [0.4, 0.5) is 5.69 Å². The monoisotopic (exact) mass is 271 g/mol. The zero-order valence-electron chi connectivity index (χ0n) is 12.7. The SMILES string of the molecule is Cc1ccc2nc(C)cc(NCCCCC(C)N)c2c1. The normalized spacial score (nSPS) is 12.6. The number of nitrogens with one attached hydrogen (secondary N) is 1. The number of nitrogens with two attached hydrogens (primary N) is 1. The Hall–Kier alpha value is -1.61. The van der Waals surface area contributed by atoms with Crippen molar-refractivity contribution in [2.45, 2.75) is 46.1 Å². The van der Waals surface area contributed by atoms with Crippen LogP contribution < -0.4 is 11.1 Å². The smallest absolute Gasteiger partial charge is 0.0726 e. The molecule has 1 atom stereocenters. The van der Waals surface area contributed by atoms with Crippen LogP contribution in [0.2, 0.25) is 0 Å². The third-order valence-electron chi connectivity index (χ3n) is 3.49. The van der Waals surface area contributed by atoms with Crippen LogP contribution in [0, 0.1) is 13.8 Å². The van der Waals surface area contributed by atoms with Gasteiger partial charge in [-0.1, -0.05) is 18.1 Å². The van der Waals surface area contributed by atoms with Crippen LogP contribution in [-0.2, 0) is 0 Å². The zero-order chi connectivity index (χ0) is 14.5. The Kier molecular flexibility index (Phi) is 4.96. The number of hydrogen-bond donors (Lipinski definition) is 2. The Bertz CT molecular complexity index is 576. The second-order valence-electron chi connectivity index (χ2n) is 5.73. The van der Waals surface area contributed by atoms with E-state index in [0.717, 1.165) is 30.6 Å². The highest BCUT2D eigenvalue weighted by Crippen LogP contribution is 2.24. The summed E-state index contributed by atoms with van der Waals surface area (Å²) in [5.41, 5.74) is 10.3.